The summed E-state index contributed by atoms with van der Waals surface area (Å²) >= 11 is 1.32. The first-order valence-corrected chi connectivity index (χ1v) is 10.1. The molecule has 0 fully saturated rings. The number of carbonyl (C=O) groups is 1. The summed E-state index contributed by atoms with van der Waals surface area (Å²) in [5.41, 5.74) is 3.26. The number of anilines is 1. The molecule has 0 aliphatic heterocycles. The smallest absolute Gasteiger partial charge is 0.274 e. The van der Waals surface area contributed by atoms with Crippen LogP contribution in [0, 0.1) is 12.9 Å². The number of nitrogens with zero attached hydrogens (tertiary/aromatic N) is 4. The number of amides is 1. The van der Waals surface area contributed by atoms with Gasteiger partial charge in [0.1, 0.15) is 5.69 Å². The number of halogens is 1. The summed E-state index contributed by atoms with van der Waals surface area (Å²) in [7, 11) is 0. The highest BCUT2D eigenvalue weighted by Gasteiger charge is 2.13. The summed E-state index contributed by atoms with van der Waals surface area (Å²) in [5.74, 6) is -0.723. The molecule has 0 aliphatic carbocycles. The molecule has 0 bridgehead atoms. The Kier molecular flexibility index (Phi) is 5.76. The van der Waals surface area contributed by atoms with Gasteiger partial charge in [-0.3, -0.25) is 15.1 Å². The van der Waals surface area contributed by atoms with E-state index in [1.54, 1.807) is 49.7 Å². The molecule has 4 heterocycles. The molecule has 4 aromatic rings. The number of nitrogens with one attached hydrogen (secondary N) is 1. The van der Waals surface area contributed by atoms with Crippen molar-refractivity contribution >= 4 is 34.5 Å². The third-order valence-corrected chi connectivity index (χ3v) is 5.16. The first-order valence-electron chi connectivity index (χ1n) is 9.20. The number of rotatable bonds is 6. The van der Waals surface area contributed by atoms with Gasteiger partial charge in [0.15, 0.2) is 5.13 Å². The van der Waals surface area contributed by atoms with E-state index in [4.69, 9.17) is 0 Å². The van der Waals surface area contributed by atoms with Gasteiger partial charge < -0.3 is 4.57 Å². The molecule has 0 radical (unpaired) electrons. The zero-order chi connectivity index (χ0) is 20.9. The molecule has 0 spiro atoms. The maximum absolute atomic E-state index is 13.5. The van der Waals surface area contributed by atoms with Crippen molar-refractivity contribution in [2.24, 2.45) is 0 Å². The van der Waals surface area contributed by atoms with Crippen LogP contribution in [0.5, 0.6) is 0 Å². The predicted octanol–water partition coefficient (Wildman–Crippen LogP) is 4.65. The minimum Gasteiger partial charge on any atom is -0.339 e. The second-order valence-electron chi connectivity index (χ2n) is 6.59. The highest BCUT2D eigenvalue weighted by molar-refractivity contribution is 7.14. The van der Waals surface area contributed by atoms with E-state index in [-0.39, 0.29) is 5.91 Å². The molecule has 30 heavy (non-hydrogen) atoms. The normalized spacial score (nSPS) is 11.1. The van der Waals surface area contributed by atoms with Gasteiger partial charge >= 0.3 is 0 Å². The van der Waals surface area contributed by atoms with Crippen molar-refractivity contribution in [3.8, 4) is 0 Å². The van der Waals surface area contributed by atoms with Crippen LogP contribution >= 0.6 is 11.3 Å². The van der Waals surface area contributed by atoms with Crippen LogP contribution in [0.4, 0.5) is 9.52 Å². The minimum atomic E-state index is -0.488. The number of pyridine rings is 2. The molecule has 4 rings (SSSR count). The van der Waals surface area contributed by atoms with Crippen molar-refractivity contribution in [1.29, 1.82) is 0 Å². The molecule has 0 aliphatic rings. The summed E-state index contributed by atoms with van der Waals surface area (Å²) < 4.78 is 15.4. The fraction of sp³-hybridized carbons (Fsp3) is 0.0909. The monoisotopic (exact) mass is 419 g/mol. The Morgan fingerprint density at radius 2 is 1.93 bits per heavy atom. The molecular weight excluding hydrogens is 401 g/mol. The number of aryl methyl sites for hydroxylation is 1. The van der Waals surface area contributed by atoms with Crippen LogP contribution < -0.4 is 5.32 Å². The van der Waals surface area contributed by atoms with Gasteiger partial charge in [0.25, 0.3) is 5.91 Å². The van der Waals surface area contributed by atoms with E-state index >= 15 is 0 Å². The van der Waals surface area contributed by atoms with E-state index in [0.29, 0.717) is 34.3 Å². The third-order valence-electron chi connectivity index (χ3n) is 4.39. The average Bonchev–Trinajstić information content (AvgIpc) is 3.39. The van der Waals surface area contributed by atoms with Crippen molar-refractivity contribution < 1.29 is 9.18 Å². The minimum absolute atomic E-state index is 0.235. The van der Waals surface area contributed by atoms with Crippen LogP contribution in [0.15, 0.2) is 60.4 Å². The number of carbonyl (C=O) groups excluding carboxylic acids is 1. The largest absolute Gasteiger partial charge is 0.339 e. The molecule has 1 N–H and O–H groups in total. The lowest BCUT2D eigenvalue weighted by molar-refractivity contribution is 0.101. The zero-order valence-electron chi connectivity index (χ0n) is 16.1. The van der Waals surface area contributed by atoms with Gasteiger partial charge in [0.2, 0.25) is 5.95 Å². The SMILES string of the molecule is Cc1ccc(C=Cc2csc(NC(=O)c3cccn3Cc3ccncc3)n2)nc1F. The van der Waals surface area contributed by atoms with Gasteiger partial charge in [0, 0.05) is 36.1 Å². The van der Waals surface area contributed by atoms with E-state index in [2.05, 4.69) is 20.3 Å². The predicted molar refractivity (Wildman–Crippen MR) is 116 cm³/mol. The lowest BCUT2D eigenvalue weighted by Gasteiger charge is -2.08. The molecule has 0 saturated carbocycles. The molecule has 4 aromatic heterocycles. The number of thiazole rings is 1. The number of hydrogen-bond acceptors (Lipinski definition) is 5. The fourth-order valence-electron chi connectivity index (χ4n) is 2.81. The molecule has 0 unspecified atom stereocenters. The maximum Gasteiger partial charge on any atom is 0.274 e. The maximum atomic E-state index is 13.5. The van der Waals surface area contributed by atoms with E-state index in [1.807, 2.05) is 34.3 Å². The van der Waals surface area contributed by atoms with Gasteiger partial charge in [-0.15, -0.1) is 11.3 Å². The summed E-state index contributed by atoms with van der Waals surface area (Å²) in [6, 6.07) is 10.8. The molecule has 0 saturated heterocycles. The summed E-state index contributed by atoms with van der Waals surface area (Å²) in [5, 5.41) is 5.13. The Balaban J connectivity index is 1.43. The molecule has 0 atom stereocenters. The molecule has 1 amide bonds. The van der Waals surface area contributed by atoms with Crippen molar-refractivity contribution in [2.75, 3.05) is 5.32 Å². The van der Waals surface area contributed by atoms with Crippen LogP contribution in [-0.4, -0.2) is 25.4 Å². The van der Waals surface area contributed by atoms with E-state index < -0.39 is 5.95 Å². The summed E-state index contributed by atoms with van der Waals surface area (Å²) in [6.07, 6.45) is 8.73. The van der Waals surface area contributed by atoms with Crippen LogP contribution in [0.25, 0.3) is 12.2 Å². The lowest BCUT2D eigenvalue weighted by Crippen LogP contribution is -2.17. The highest BCUT2D eigenvalue weighted by Crippen LogP contribution is 2.19. The Labute approximate surface area is 176 Å². The lowest BCUT2D eigenvalue weighted by atomic mass is 10.2. The van der Waals surface area contributed by atoms with E-state index in [0.717, 1.165) is 5.56 Å². The zero-order valence-corrected chi connectivity index (χ0v) is 16.9. The van der Waals surface area contributed by atoms with Crippen LogP contribution in [0.2, 0.25) is 0 Å². The number of hydrogen-bond donors (Lipinski definition) is 1. The number of aromatic nitrogens is 4. The molecule has 6 nitrogen and oxygen atoms in total. The van der Waals surface area contributed by atoms with Crippen LogP contribution in [0.3, 0.4) is 0 Å². The van der Waals surface area contributed by atoms with Gasteiger partial charge in [-0.1, -0.05) is 6.07 Å². The molecule has 150 valence electrons. The van der Waals surface area contributed by atoms with Gasteiger partial charge in [-0.25, -0.2) is 9.97 Å². The summed E-state index contributed by atoms with van der Waals surface area (Å²) in [6.45, 7) is 2.24. The Hall–Kier alpha value is -3.65. The second-order valence-corrected chi connectivity index (χ2v) is 7.44. The Morgan fingerprint density at radius 3 is 2.73 bits per heavy atom. The molecule has 0 aromatic carbocycles. The van der Waals surface area contributed by atoms with Crippen molar-refractivity contribution in [3.05, 3.63) is 94.5 Å². The second kappa shape index (κ2) is 8.79. The van der Waals surface area contributed by atoms with Crippen LogP contribution in [0.1, 0.15) is 33.0 Å². The Bertz CT molecular complexity index is 1200. The van der Waals surface area contributed by atoms with E-state index in [1.165, 1.54) is 11.3 Å². The summed E-state index contributed by atoms with van der Waals surface area (Å²) in [4.78, 5) is 25.0. The first kappa shape index (κ1) is 19.7. The first-order chi connectivity index (χ1) is 14.6. The topological polar surface area (TPSA) is 72.7 Å². The van der Waals surface area contributed by atoms with Gasteiger partial charge in [-0.2, -0.15) is 4.39 Å². The van der Waals surface area contributed by atoms with Gasteiger partial charge in [0.05, 0.1) is 11.4 Å². The standard InChI is InChI=1S/C22H18FN5OS/c1-15-4-5-17(25-20(15)23)6-7-18-14-30-22(26-18)27-21(29)19-3-2-12-28(19)13-16-8-10-24-11-9-16/h2-12,14H,13H2,1H3,(H,26,27,29). The highest BCUT2D eigenvalue weighted by atomic mass is 32.1. The molecule has 8 heteroatoms. The molecular formula is C22H18FN5OS. The average molecular weight is 419 g/mol. The van der Waals surface area contributed by atoms with Crippen molar-refractivity contribution in [1.82, 2.24) is 19.5 Å². The Morgan fingerprint density at radius 1 is 1.13 bits per heavy atom. The van der Waals surface area contributed by atoms with Crippen molar-refractivity contribution in [2.45, 2.75) is 13.5 Å². The van der Waals surface area contributed by atoms with Crippen molar-refractivity contribution in [3.63, 3.8) is 0 Å². The van der Waals surface area contributed by atoms with Gasteiger partial charge in [-0.05, 0) is 55.0 Å². The van der Waals surface area contributed by atoms with Crippen LogP contribution in [-0.2, 0) is 6.54 Å². The van der Waals surface area contributed by atoms with E-state index in [9.17, 15) is 9.18 Å². The quantitative estimate of drug-likeness (QED) is 0.462. The third kappa shape index (κ3) is 4.66. The fourth-order valence-corrected chi connectivity index (χ4v) is 3.48.